The van der Waals surface area contributed by atoms with E-state index in [1.165, 1.54) is 6.07 Å². The molecule has 2 saturated carbocycles. The van der Waals surface area contributed by atoms with Crippen LogP contribution in [0.2, 0.25) is 0 Å². The maximum Gasteiger partial charge on any atom is 0.200 e. The predicted octanol–water partition coefficient (Wildman–Crippen LogP) is 8.73. The van der Waals surface area contributed by atoms with Gasteiger partial charge in [0, 0.05) is 5.56 Å². The van der Waals surface area contributed by atoms with Crippen LogP contribution in [0.25, 0.3) is 0 Å². The van der Waals surface area contributed by atoms with E-state index in [0.29, 0.717) is 42.7 Å². The van der Waals surface area contributed by atoms with E-state index < -0.39 is 23.3 Å². The largest absolute Gasteiger partial charge is 0.491 e. The van der Waals surface area contributed by atoms with Crippen molar-refractivity contribution in [3.8, 4) is 5.75 Å². The summed E-state index contributed by atoms with van der Waals surface area (Å²) in [5, 5.41) is 0. The smallest absolute Gasteiger partial charge is 0.200 e. The van der Waals surface area contributed by atoms with E-state index >= 15 is 0 Å². The zero-order valence-corrected chi connectivity index (χ0v) is 21.2. The van der Waals surface area contributed by atoms with Crippen molar-refractivity contribution in [1.82, 2.24) is 0 Å². The third-order valence-corrected chi connectivity index (χ3v) is 7.83. The Morgan fingerprint density at radius 2 is 1.33 bits per heavy atom. The monoisotopic (exact) mass is 504 g/mol. The van der Waals surface area contributed by atoms with Crippen molar-refractivity contribution in [1.29, 1.82) is 0 Å². The Balaban J connectivity index is 1.31. The molecule has 2 nitrogen and oxygen atoms in total. The first-order valence-corrected chi connectivity index (χ1v) is 13.2. The van der Waals surface area contributed by atoms with Crippen molar-refractivity contribution >= 4 is 0 Å². The maximum absolute atomic E-state index is 14.9. The van der Waals surface area contributed by atoms with Crippen molar-refractivity contribution in [2.45, 2.75) is 89.8 Å². The number of rotatable bonds is 8. The SMILES string of the molecule is CC=CC1CCC(c2ccc(COC3CCC(c4ccc(OCC)c(F)c4F)CC3)c(F)c2F)CC1. The molecule has 0 N–H and O–H groups in total. The van der Waals surface area contributed by atoms with E-state index in [1.54, 1.807) is 25.1 Å². The van der Waals surface area contributed by atoms with E-state index in [9.17, 15) is 17.6 Å². The average molecular weight is 505 g/mol. The lowest BCUT2D eigenvalue weighted by Gasteiger charge is -2.29. The van der Waals surface area contributed by atoms with Gasteiger partial charge in [0.15, 0.2) is 23.2 Å². The first-order valence-electron chi connectivity index (χ1n) is 13.2. The molecule has 0 bridgehead atoms. The van der Waals surface area contributed by atoms with Crippen molar-refractivity contribution < 1.29 is 27.0 Å². The molecule has 0 unspecified atom stereocenters. The predicted molar refractivity (Wildman–Crippen MR) is 133 cm³/mol. The highest BCUT2D eigenvalue weighted by molar-refractivity contribution is 5.33. The van der Waals surface area contributed by atoms with Crippen molar-refractivity contribution in [3.05, 3.63) is 76.4 Å². The first kappa shape index (κ1) is 26.7. The number of allylic oxidation sites excluding steroid dienone is 2. The zero-order valence-electron chi connectivity index (χ0n) is 21.2. The molecule has 2 aromatic rings. The minimum atomic E-state index is -0.945. The third-order valence-electron chi connectivity index (χ3n) is 7.83. The van der Waals surface area contributed by atoms with Gasteiger partial charge < -0.3 is 9.47 Å². The molecule has 6 heteroatoms. The first-order chi connectivity index (χ1) is 17.4. The van der Waals surface area contributed by atoms with Gasteiger partial charge in [-0.25, -0.2) is 13.2 Å². The van der Waals surface area contributed by atoms with Gasteiger partial charge in [-0.15, -0.1) is 0 Å². The Hall–Kier alpha value is -2.34. The number of halogens is 4. The van der Waals surface area contributed by atoms with Gasteiger partial charge in [-0.1, -0.05) is 30.4 Å². The fraction of sp³-hybridized carbons (Fsp3) is 0.533. The van der Waals surface area contributed by atoms with E-state index in [0.717, 1.165) is 25.7 Å². The van der Waals surface area contributed by atoms with Gasteiger partial charge in [-0.3, -0.25) is 0 Å². The molecule has 0 aliphatic heterocycles. The van der Waals surface area contributed by atoms with Crippen LogP contribution < -0.4 is 4.74 Å². The minimum Gasteiger partial charge on any atom is -0.491 e. The molecule has 0 spiro atoms. The number of benzene rings is 2. The van der Waals surface area contributed by atoms with Crippen LogP contribution in [0.1, 0.15) is 93.7 Å². The van der Waals surface area contributed by atoms with Gasteiger partial charge >= 0.3 is 0 Å². The van der Waals surface area contributed by atoms with Crippen molar-refractivity contribution in [2.24, 2.45) is 5.92 Å². The van der Waals surface area contributed by atoms with E-state index in [4.69, 9.17) is 9.47 Å². The molecule has 0 radical (unpaired) electrons. The molecular formula is C30H36F4O2. The molecule has 2 aliphatic rings. The second-order valence-electron chi connectivity index (χ2n) is 10.1. The van der Waals surface area contributed by atoms with Gasteiger partial charge in [0.25, 0.3) is 0 Å². The standard InChI is InChI=1S/C30H36F4O2/c1-3-5-19-6-8-20(9-7-19)24-15-12-22(27(31)28(24)32)18-36-23-13-10-21(11-14-23)25-16-17-26(35-4-2)30(34)29(25)33/h3,5,12,15-17,19-21,23H,4,6-11,13-14,18H2,1-2H3. The van der Waals surface area contributed by atoms with E-state index in [1.807, 2.05) is 6.92 Å². The van der Waals surface area contributed by atoms with Crippen LogP contribution in [0.4, 0.5) is 17.6 Å². The quantitative estimate of drug-likeness (QED) is 0.264. The fourth-order valence-electron chi connectivity index (χ4n) is 5.80. The van der Waals surface area contributed by atoms with Gasteiger partial charge in [0.1, 0.15) is 0 Å². The summed E-state index contributed by atoms with van der Waals surface area (Å²) in [5.41, 5.74) is 1.05. The van der Waals surface area contributed by atoms with Crippen LogP contribution in [-0.2, 0) is 11.3 Å². The highest BCUT2D eigenvalue weighted by Crippen LogP contribution is 2.39. The van der Waals surface area contributed by atoms with Crippen LogP contribution in [0.3, 0.4) is 0 Å². The normalized spacial score (nSPS) is 24.8. The maximum atomic E-state index is 14.9. The Morgan fingerprint density at radius 1 is 0.750 bits per heavy atom. The van der Waals surface area contributed by atoms with Crippen LogP contribution >= 0.6 is 0 Å². The van der Waals surface area contributed by atoms with Gasteiger partial charge in [-0.05, 0) is 100 Å². The molecule has 0 heterocycles. The molecule has 0 atom stereocenters. The number of hydrogen-bond donors (Lipinski definition) is 0. The summed E-state index contributed by atoms with van der Waals surface area (Å²) in [6.45, 7) is 4.00. The lowest BCUT2D eigenvalue weighted by Crippen LogP contribution is -2.22. The average Bonchev–Trinajstić information content (AvgIpc) is 2.89. The molecule has 0 amide bonds. The third kappa shape index (κ3) is 5.96. The minimum absolute atomic E-state index is 0.00154. The Labute approximate surface area is 211 Å². The second kappa shape index (κ2) is 12.3. The summed E-state index contributed by atoms with van der Waals surface area (Å²) in [4.78, 5) is 0. The highest BCUT2D eigenvalue weighted by Gasteiger charge is 2.28. The van der Waals surface area contributed by atoms with E-state index in [2.05, 4.69) is 12.2 Å². The zero-order chi connectivity index (χ0) is 25.7. The highest BCUT2D eigenvalue weighted by atomic mass is 19.2. The van der Waals surface area contributed by atoms with Crippen LogP contribution in [0, 0.1) is 29.2 Å². The fourth-order valence-corrected chi connectivity index (χ4v) is 5.80. The van der Waals surface area contributed by atoms with Crippen molar-refractivity contribution in [3.63, 3.8) is 0 Å². The van der Waals surface area contributed by atoms with Crippen LogP contribution in [0.15, 0.2) is 36.4 Å². The Kier molecular flexibility index (Phi) is 9.10. The van der Waals surface area contributed by atoms with Crippen LogP contribution in [0.5, 0.6) is 5.75 Å². The van der Waals surface area contributed by atoms with Gasteiger partial charge in [0.2, 0.25) is 5.82 Å². The molecule has 196 valence electrons. The molecule has 36 heavy (non-hydrogen) atoms. The molecule has 4 rings (SSSR count). The summed E-state index contributed by atoms with van der Waals surface area (Å²) < 4.78 is 69.7. The second-order valence-corrected chi connectivity index (χ2v) is 10.1. The van der Waals surface area contributed by atoms with Crippen LogP contribution in [-0.4, -0.2) is 12.7 Å². The summed E-state index contributed by atoms with van der Waals surface area (Å²) in [5.74, 6) is -2.95. The number of ether oxygens (including phenoxy) is 2. The molecule has 2 aliphatic carbocycles. The molecule has 0 aromatic heterocycles. The topological polar surface area (TPSA) is 18.5 Å². The Morgan fingerprint density at radius 3 is 1.94 bits per heavy atom. The lowest BCUT2D eigenvalue weighted by atomic mass is 9.78. The summed E-state index contributed by atoms with van der Waals surface area (Å²) in [6.07, 6.45) is 10.4. The van der Waals surface area contributed by atoms with E-state index in [-0.39, 0.29) is 42.5 Å². The summed E-state index contributed by atoms with van der Waals surface area (Å²) in [7, 11) is 0. The lowest BCUT2D eigenvalue weighted by molar-refractivity contribution is 0.0116. The van der Waals surface area contributed by atoms with Gasteiger partial charge in [0.05, 0.1) is 19.3 Å². The number of hydrogen-bond acceptors (Lipinski definition) is 2. The van der Waals surface area contributed by atoms with Gasteiger partial charge in [-0.2, -0.15) is 4.39 Å². The summed E-state index contributed by atoms with van der Waals surface area (Å²) in [6, 6.07) is 6.45. The Bertz CT molecular complexity index is 1050. The summed E-state index contributed by atoms with van der Waals surface area (Å²) >= 11 is 0. The molecular weight excluding hydrogens is 468 g/mol. The molecule has 0 saturated heterocycles. The van der Waals surface area contributed by atoms with Crippen molar-refractivity contribution in [2.75, 3.05) is 6.61 Å². The molecule has 2 fully saturated rings. The molecule has 2 aromatic carbocycles.